The zero-order chi connectivity index (χ0) is 24.6. The number of halogens is 3. The predicted molar refractivity (Wildman–Crippen MR) is 129 cm³/mol. The van der Waals surface area contributed by atoms with E-state index in [4.69, 9.17) is 0 Å². The Kier molecular flexibility index (Phi) is 5.72. The van der Waals surface area contributed by atoms with Crippen LogP contribution in [-0.4, -0.2) is 21.6 Å². The van der Waals surface area contributed by atoms with Crippen LogP contribution in [0.1, 0.15) is 36.1 Å². The van der Waals surface area contributed by atoms with Gasteiger partial charge in [0.25, 0.3) is 0 Å². The Morgan fingerprint density at radius 2 is 1.74 bits per heavy atom. The fraction of sp³-hybridized carbons (Fsp3) is 0.148. The van der Waals surface area contributed by atoms with Gasteiger partial charge in [-0.25, -0.2) is 5.01 Å². The number of hydrogen-bond donors (Lipinski definition) is 1. The van der Waals surface area contributed by atoms with Crippen molar-refractivity contribution in [2.75, 3.05) is 5.32 Å². The molecule has 5 nitrogen and oxygen atoms in total. The molecule has 0 bridgehead atoms. The van der Waals surface area contributed by atoms with Crippen LogP contribution in [0.3, 0.4) is 0 Å². The van der Waals surface area contributed by atoms with E-state index in [1.807, 2.05) is 54.6 Å². The summed E-state index contributed by atoms with van der Waals surface area (Å²) in [5.41, 5.74) is 3.69. The number of pyridine rings is 1. The highest BCUT2D eigenvalue weighted by Gasteiger charge is 2.32. The van der Waals surface area contributed by atoms with Crippen LogP contribution in [0.5, 0.6) is 0 Å². The Morgan fingerprint density at radius 1 is 1.00 bits per heavy atom. The number of hydrazone groups is 1. The lowest BCUT2D eigenvalue weighted by molar-refractivity contribution is -0.137. The maximum absolute atomic E-state index is 13.0. The minimum absolute atomic E-state index is 0.120. The van der Waals surface area contributed by atoms with Crippen molar-refractivity contribution in [3.05, 3.63) is 102 Å². The number of rotatable bonds is 4. The highest BCUT2D eigenvalue weighted by molar-refractivity contribution is 6.03. The molecule has 0 fully saturated rings. The standard InChI is InChI=1S/C27H21F3N4O/c1-17(35)34-26(19-5-3-2-4-6-19)16-24(33-34)18-7-10-21(11-8-18)32-23-13-14-31-25-15-20(27(28,29)30)9-12-22(23)25/h2-15,26H,16H2,1H3,(H,31,32). The van der Waals surface area contributed by atoms with Crippen molar-refractivity contribution in [1.29, 1.82) is 0 Å². The summed E-state index contributed by atoms with van der Waals surface area (Å²) in [6.45, 7) is 1.51. The number of nitrogens with one attached hydrogen (secondary N) is 1. The summed E-state index contributed by atoms with van der Waals surface area (Å²) in [4.78, 5) is 16.3. The van der Waals surface area contributed by atoms with Gasteiger partial charge < -0.3 is 5.32 Å². The summed E-state index contributed by atoms with van der Waals surface area (Å²) in [6, 6.07) is 22.5. The first-order valence-electron chi connectivity index (χ1n) is 11.1. The zero-order valence-corrected chi connectivity index (χ0v) is 18.8. The van der Waals surface area contributed by atoms with Crippen molar-refractivity contribution < 1.29 is 18.0 Å². The second kappa shape index (κ2) is 8.87. The van der Waals surface area contributed by atoms with E-state index in [1.165, 1.54) is 24.2 Å². The molecule has 0 radical (unpaired) electrons. The lowest BCUT2D eigenvalue weighted by atomic mass is 9.98. The molecular weight excluding hydrogens is 453 g/mol. The molecule has 0 saturated heterocycles. The molecule has 35 heavy (non-hydrogen) atoms. The van der Waals surface area contributed by atoms with E-state index in [0.717, 1.165) is 34.7 Å². The third-order valence-corrected chi connectivity index (χ3v) is 5.98. The van der Waals surface area contributed by atoms with Gasteiger partial charge in [0.05, 0.1) is 22.8 Å². The Bertz CT molecular complexity index is 1420. The molecule has 8 heteroatoms. The monoisotopic (exact) mass is 474 g/mol. The van der Waals surface area contributed by atoms with Crippen LogP contribution in [0, 0.1) is 0 Å². The topological polar surface area (TPSA) is 57.6 Å². The van der Waals surface area contributed by atoms with E-state index in [-0.39, 0.29) is 17.5 Å². The van der Waals surface area contributed by atoms with Crippen molar-refractivity contribution >= 4 is 33.9 Å². The number of fused-ring (bicyclic) bond motifs is 1. The maximum atomic E-state index is 13.0. The highest BCUT2D eigenvalue weighted by Crippen LogP contribution is 2.35. The van der Waals surface area contributed by atoms with Crippen molar-refractivity contribution in [3.8, 4) is 0 Å². The second-order valence-corrected chi connectivity index (χ2v) is 8.33. The molecule has 0 saturated carbocycles. The number of carbonyl (C=O) groups excluding carboxylic acids is 1. The molecular formula is C27H21F3N4O. The van der Waals surface area contributed by atoms with Crippen molar-refractivity contribution in [3.63, 3.8) is 0 Å². The van der Waals surface area contributed by atoms with Gasteiger partial charge >= 0.3 is 6.18 Å². The smallest absolute Gasteiger partial charge is 0.355 e. The lowest BCUT2D eigenvalue weighted by Gasteiger charge is -2.20. The average molecular weight is 474 g/mol. The normalized spacial score (nSPS) is 15.8. The second-order valence-electron chi connectivity index (χ2n) is 8.33. The number of aromatic nitrogens is 1. The molecule has 1 aliphatic rings. The summed E-state index contributed by atoms with van der Waals surface area (Å²) >= 11 is 0. The van der Waals surface area contributed by atoms with Gasteiger partial charge in [0.2, 0.25) is 5.91 Å². The minimum Gasteiger partial charge on any atom is -0.355 e. The van der Waals surface area contributed by atoms with Crippen LogP contribution in [0.25, 0.3) is 10.9 Å². The fourth-order valence-electron chi connectivity index (χ4n) is 4.24. The van der Waals surface area contributed by atoms with Crippen LogP contribution < -0.4 is 5.32 Å². The van der Waals surface area contributed by atoms with Gasteiger partial charge in [-0.3, -0.25) is 9.78 Å². The van der Waals surface area contributed by atoms with Crippen molar-refractivity contribution in [1.82, 2.24) is 9.99 Å². The molecule has 0 spiro atoms. The molecule has 1 aliphatic heterocycles. The molecule has 0 aliphatic carbocycles. The van der Waals surface area contributed by atoms with Crippen molar-refractivity contribution in [2.24, 2.45) is 5.10 Å². The third kappa shape index (κ3) is 4.59. The number of benzene rings is 3. The number of amides is 1. The Hall–Kier alpha value is -4.20. The van der Waals surface area contributed by atoms with Crippen LogP contribution in [0.2, 0.25) is 0 Å². The Balaban J connectivity index is 1.37. The van der Waals surface area contributed by atoms with Gasteiger partial charge in [0.1, 0.15) is 0 Å². The molecule has 1 atom stereocenters. The van der Waals surface area contributed by atoms with E-state index in [0.29, 0.717) is 17.5 Å². The predicted octanol–water partition coefficient (Wildman–Crippen LogP) is 6.69. The average Bonchev–Trinajstić information content (AvgIpc) is 3.30. The third-order valence-electron chi connectivity index (χ3n) is 5.98. The molecule has 176 valence electrons. The minimum atomic E-state index is -4.42. The molecule has 1 unspecified atom stereocenters. The number of hydrogen-bond acceptors (Lipinski definition) is 4. The molecule has 1 aromatic heterocycles. The van der Waals surface area contributed by atoms with Crippen LogP contribution in [0.4, 0.5) is 24.5 Å². The van der Waals surface area contributed by atoms with Gasteiger partial charge in [-0.15, -0.1) is 0 Å². The molecule has 2 heterocycles. The van der Waals surface area contributed by atoms with E-state index in [1.54, 1.807) is 6.07 Å². The zero-order valence-electron chi connectivity index (χ0n) is 18.8. The van der Waals surface area contributed by atoms with E-state index >= 15 is 0 Å². The van der Waals surface area contributed by atoms with Gasteiger partial charge in [-0.2, -0.15) is 18.3 Å². The van der Waals surface area contributed by atoms with Gasteiger partial charge in [0.15, 0.2) is 0 Å². The lowest BCUT2D eigenvalue weighted by Crippen LogP contribution is -2.24. The van der Waals surface area contributed by atoms with E-state index in [2.05, 4.69) is 15.4 Å². The van der Waals surface area contributed by atoms with E-state index < -0.39 is 11.7 Å². The summed E-state index contributed by atoms with van der Waals surface area (Å²) in [7, 11) is 0. The first kappa shape index (κ1) is 22.6. The summed E-state index contributed by atoms with van der Waals surface area (Å²) in [5, 5.41) is 9.95. The fourth-order valence-corrected chi connectivity index (χ4v) is 4.24. The molecule has 1 amide bonds. The molecule has 3 aromatic carbocycles. The summed E-state index contributed by atoms with van der Waals surface area (Å²) in [6.07, 6.45) is -2.34. The van der Waals surface area contributed by atoms with Crippen LogP contribution >= 0.6 is 0 Å². The van der Waals surface area contributed by atoms with E-state index in [9.17, 15) is 18.0 Å². The highest BCUT2D eigenvalue weighted by atomic mass is 19.4. The first-order chi connectivity index (χ1) is 16.8. The number of alkyl halides is 3. The SMILES string of the molecule is CC(=O)N1N=C(c2ccc(Nc3ccnc4cc(C(F)(F)F)ccc34)cc2)CC1c1ccccc1. The molecule has 5 rings (SSSR count). The summed E-state index contributed by atoms with van der Waals surface area (Å²) < 4.78 is 39.1. The molecule has 1 N–H and O–H groups in total. The summed E-state index contributed by atoms with van der Waals surface area (Å²) in [5.74, 6) is -0.120. The van der Waals surface area contributed by atoms with Gasteiger partial charge in [-0.05, 0) is 41.5 Å². The number of carbonyl (C=O) groups is 1. The first-order valence-corrected chi connectivity index (χ1v) is 11.1. The quantitative estimate of drug-likeness (QED) is 0.358. The van der Waals surface area contributed by atoms with Gasteiger partial charge in [0, 0.05) is 36.3 Å². The maximum Gasteiger partial charge on any atom is 0.416 e. The van der Waals surface area contributed by atoms with Crippen LogP contribution in [0.15, 0.2) is 90.2 Å². The van der Waals surface area contributed by atoms with Crippen LogP contribution in [-0.2, 0) is 11.0 Å². The molecule has 4 aromatic rings. The Morgan fingerprint density at radius 3 is 2.43 bits per heavy atom. The Labute approximate surface area is 199 Å². The number of nitrogens with zero attached hydrogens (tertiary/aromatic N) is 3. The largest absolute Gasteiger partial charge is 0.416 e. The van der Waals surface area contributed by atoms with Crippen molar-refractivity contribution in [2.45, 2.75) is 25.6 Å². The van der Waals surface area contributed by atoms with Gasteiger partial charge in [-0.1, -0.05) is 48.5 Å². The number of anilines is 2.